The van der Waals surface area contributed by atoms with Crippen molar-refractivity contribution in [2.75, 3.05) is 6.61 Å². The van der Waals surface area contributed by atoms with E-state index in [9.17, 15) is 4.79 Å². The molecular weight excluding hydrogens is 164 g/mol. The van der Waals surface area contributed by atoms with Crippen molar-refractivity contribution in [1.29, 1.82) is 0 Å². The fourth-order valence-electron chi connectivity index (χ4n) is 1.16. The second-order valence-corrected chi connectivity index (χ2v) is 2.88. The first-order valence-electron chi connectivity index (χ1n) is 3.81. The van der Waals surface area contributed by atoms with Crippen LogP contribution < -0.4 is 0 Å². The second kappa shape index (κ2) is 3.84. The van der Waals surface area contributed by atoms with E-state index in [2.05, 4.69) is 4.74 Å². The summed E-state index contributed by atoms with van der Waals surface area (Å²) in [6.45, 7) is -0.357. The number of rotatable bonds is 3. The summed E-state index contributed by atoms with van der Waals surface area (Å²) in [6.07, 6.45) is -2.03. The van der Waals surface area contributed by atoms with E-state index >= 15 is 0 Å². The summed E-state index contributed by atoms with van der Waals surface area (Å²) < 4.78 is 4.69. The Balaban J connectivity index is 2.32. The van der Waals surface area contributed by atoms with E-state index in [-0.39, 0.29) is 19.4 Å². The van der Waals surface area contributed by atoms with Crippen molar-refractivity contribution in [3.8, 4) is 0 Å². The maximum atomic E-state index is 10.6. The smallest absolute Gasteiger partial charge is 0.335 e. The molecule has 5 heteroatoms. The van der Waals surface area contributed by atoms with Gasteiger partial charge in [-0.3, -0.25) is 0 Å². The molecule has 1 aliphatic heterocycles. The number of carbonyl (C=O) groups excluding carboxylic acids is 1. The van der Waals surface area contributed by atoms with Crippen molar-refractivity contribution in [3.63, 3.8) is 0 Å². The lowest BCUT2D eigenvalue weighted by molar-refractivity contribution is -0.148. The fraction of sp³-hybridized carbons (Fsp3) is 0.857. The Morgan fingerprint density at radius 3 is 2.75 bits per heavy atom. The quantitative estimate of drug-likeness (QED) is 0.451. The summed E-state index contributed by atoms with van der Waals surface area (Å²) in [7, 11) is 0. The Morgan fingerprint density at radius 1 is 1.67 bits per heavy atom. The molecule has 0 aromatic heterocycles. The van der Waals surface area contributed by atoms with Gasteiger partial charge in [-0.2, -0.15) is 0 Å². The van der Waals surface area contributed by atoms with Gasteiger partial charge in [0.1, 0.15) is 6.10 Å². The lowest BCUT2D eigenvalue weighted by Gasteiger charge is -2.11. The number of carbonyl (C=O) groups is 1. The van der Waals surface area contributed by atoms with Gasteiger partial charge in [-0.05, 0) is 0 Å². The van der Waals surface area contributed by atoms with Crippen molar-refractivity contribution in [2.45, 2.75) is 31.2 Å². The van der Waals surface area contributed by atoms with Gasteiger partial charge >= 0.3 is 5.97 Å². The molecule has 0 spiro atoms. The van der Waals surface area contributed by atoms with Crippen molar-refractivity contribution in [3.05, 3.63) is 0 Å². The average molecular weight is 176 g/mol. The zero-order valence-corrected chi connectivity index (χ0v) is 6.51. The van der Waals surface area contributed by atoms with Gasteiger partial charge in [-0.1, -0.05) is 0 Å². The monoisotopic (exact) mass is 176 g/mol. The Labute approximate surface area is 69.6 Å². The van der Waals surface area contributed by atoms with Crippen LogP contribution in [-0.4, -0.2) is 46.2 Å². The molecular formula is C7H12O5. The normalized spacial score (nSPS) is 31.8. The third kappa shape index (κ3) is 2.17. The van der Waals surface area contributed by atoms with Crippen LogP contribution in [0.5, 0.6) is 0 Å². The molecule has 0 aliphatic carbocycles. The highest BCUT2D eigenvalue weighted by Gasteiger charge is 2.33. The number of hydrogen-bond acceptors (Lipinski definition) is 5. The van der Waals surface area contributed by atoms with Crippen LogP contribution in [0.3, 0.4) is 0 Å². The Kier molecular flexibility index (Phi) is 3.02. The molecule has 0 unspecified atom stereocenters. The van der Waals surface area contributed by atoms with E-state index in [1.165, 1.54) is 0 Å². The molecule has 12 heavy (non-hydrogen) atoms. The summed E-state index contributed by atoms with van der Waals surface area (Å²) in [4.78, 5) is 10.6. The minimum atomic E-state index is -1.07. The molecule has 1 aliphatic rings. The standard InChI is InChI=1S/C7H12O5/c8-3-4(9)1-5-2-6(10)7(11)12-5/h4-6,8-10H,1-3H2/t4-,5-,6+/m0/s1. The van der Waals surface area contributed by atoms with E-state index in [0.29, 0.717) is 0 Å². The first kappa shape index (κ1) is 9.44. The molecule has 1 heterocycles. The van der Waals surface area contributed by atoms with Crippen LogP contribution in [0.2, 0.25) is 0 Å². The van der Waals surface area contributed by atoms with Crippen molar-refractivity contribution in [2.24, 2.45) is 0 Å². The van der Waals surface area contributed by atoms with Crippen molar-refractivity contribution in [1.82, 2.24) is 0 Å². The van der Waals surface area contributed by atoms with E-state index in [1.54, 1.807) is 0 Å². The number of aliphatic hydroxyl groups excluding tert-OH is 3. The van der Waals surface area contributed by atoms with E-state index in [4.69, 9.17) is 15.3 Å². The zero-order valence-electron chi connectivity index (χ0n) is 6.51. The Morgan fingerprint density at radius 2 is 2.33 bits per heavy atom. The fourth-order valence-corrected chi connectivity index (χ4v) is 1.16. The molecule has 1 saturated heterocycles. The van der Waals surface area contributed by atoms with Gasteiger partial charge < -0.3 is 20.1 Å². The summed E-state index contributed by atoms with van der Waals surface area (Å²) in [5.41, 5.74) is 0. The van der Waals surface area contributed by atoms with Gasteiger partial charge in [0.05, 0.1) is 12.7 Å². The summed E-state index contributed by atoms with van der Waals surface area (Å²) >= 11 is 0. The van der Waals surface area contributed by atoms with Crippen LogP contribution in [0.4, 0.5) is 0 Å². The number of hydrogen-bond donors (Lipinski definition) is 3. The average Bonchev–Trinajstić information content (AvgIpc) is 2.31. The number of aliphatic hydroxyl groups is 3. The molecule has 0 bridgehead atoms. The summed E-state index contributed by atoms with van der Waals surface area (Å²) in [6, 6.07) is 0. The third-order valence-corrected chi connectivity index (χ3v) is 1.79. The first-order valence-corrected chi connectivity index (χ1v) is 3.81. The van der Waals surface area contributed by atoms with Crippen LogP contribution in [0, 0.1) is 0 Å². The van der Waals surface area contributed by atoms with Crippen molar-refractivity contribution < 1.29 is 24.9 Å². The summed E-state index contributed by atoms with van der Waals surface area (Å²) in [5.74, 6) is -0.648. The highest BCUT2D eigenvalue weighted by Crippen LogP contribution is 2.18. The number of cyclic esters (lactones) is 1. The summed E-state index contributed by atoms with van der Waals surface area (Å²) in [5, 5.41) is 26.4. The largest absolute Gasteiger partial charge is 0.460 e. The predicted molar refractivity (Wildman–Crippen MR) is 38.2 cm³/mol. The molecule has 3 atom stereocenters. The van der Waals surface area contributed by atoms with Gasteiger partial charge in [0.2, 0.25) is 0 Å². The maximum Gasteiger partial charge on any atom is 0.335 e. The second-order valence-electron chi connectivity index (χ2n) is 2.88. The number of ether oxygens (including phenoxy) is 1. The molecule has 0 amide bonds. The van der Waals surface area contributed by atoms with Crippen molar-refractivity contribution >= 4 is 5.97 Å². The molecule has 3 N–H and O–H groups in total. The topological polar surface area (TPSA) is 87.0 Å². The van der Waals surface area contributed by atoms with Crippen LogP contribution in [0.15, 0.2) is 0 Å². The molecule has 1 fully saturated rings. The molecule has 70 valence electrons. The highest BCUT2D eigenvalue weighted by molar-refractivity contribution is 5.76. The maximum absolute atomic E-state index is 10.6. The predicted octanol–water partition coefficient (Wildman–Crippen LogP) is -1.59. The molecule has 0 aromatic rings. The third-order valence-electron chi connectivity index (χ3n) is 1.79. The van der Waals surface area contributed by atoms with Crippen LogP contribution in [0.25, 0.3) is 0 Å². The molecule has 5 nitrogen and oxygen atoms in total. The van der Waals surface area contributed by atoms with E-state index in [1.807, 2.05) is 0 Å². The lowest BCUT2D eigenvalue weighted by Crippen LogP contribution is -2.20. The van der Waals surface area contributed by atoms with E-state index < -0.39 is 24.3 Å². The zero-order chi connectivity index (χ0) is 9.14. The molecule has 0 saturated carbocycles. The minimum absolute atomic E-state index is 0.180. The Hall–Kier alpha value is -0.650. The molecule has 0 aromatic carbocycles. The first-order chi connectivity index (χ1) is 5.63. The minimum Gasteiger partial charge on any atom is -0.460 e. The highest BCUT2D eigenvalue weighted by atomic mass is 16.6. The molecule has 0 radical (unpaired) electrons. The van der Waals surface area contributed by atoms with Crippen LogP contribution >= 0.6 is 0 Å². The van der Waals surface area contributed by atoms with Crippen LogP contribution in [-0.2, 0) is 9.53 Å². The SMILES string of the molecule is O=C1O[C@@H](C[C@H](O)CO)C[C@H]1O. The Bertz CT molecular complexity index is 169. The van der Waals surface area contributed by atoms with Gasteiger partial charge in [-0.15, -0.1) is 0 Å². The lowest BCUT2D eigenvalue weighted by atomic mass is 10.1. The van der Waals surface area contributed by atoms with Gasteiger partial charge in [0.15, 0.2) is 6.10 Å². The van der Waals surface area contributed by atoms with Gasteiger partial charge in [0, 0.05) is 12.8 Å². The van der Waals surface area contributed by atoms with Crippen LogP contribution in [0.1, 0.15) is 12.8 Å². The van der Waals surface area contributed by atoms with Gasteiger partial charge in [-0.25, -0.2) is 4.79 Å². The molecule has 1 rings (SSSR count). The van der Waals surface area contributed by atoms with Gasteiger partial charge in [0.25, 0.3) is 0 Å². The van der Waals surface area contributed by atoms with E-state index in [0.717, 1.165) is 0 Å². The number of esters is 1.